The molecule has 20 heavy (non-hydrogen) atoms. The number of hydrogen-bond acceptors (Lipinski definition) is 6. The lowest BCUT2D eigenvalue weighted by Crippen LogP contribution is -2.39. The van der Waals surface area contributed by atoms with Gasteiger partial charge in [0.25, 0.3) is 6.47 Å². The highest BCUT2D eigenvalue weighted by Crippen LogP contribution is 2.15. The van der Waals surface area contributed by atoms with Gasteiger partial charge in [0.1, 0.15) is 0 Å². The highest BCUT2D eigenvalue weighted by atomic mass is 16.5. The first-order valence-electron chi connectivity index (χ1n) is 6.90. The van der Waals surface area contributed by atoms with Crippen molar-refractivity contribution in [2.24, 2.45) is 0 Å². The molecule has 7 nitrogen and oxygen atoms in total. The van der Waals surface area contributed by atoms with E-state index in [1.807, 2.05) is 6.92 Å². The third-order valence-electron chi connectivity index (χ3n) is 2.95. The van der Waals surface area contributed by atoms with E-state index in [1.54, 1.807) is 0 Å². The van der Waals surface area contributed by atoms with Gasteiger partial charge in [0.2, 0.25) is 5.89 Å². The number of ether oxygens (including phenoxy) is 1. The van der Waals surface area contributed by atoms with Crippen molar-refractivity contribution in [2.75, 3.05) is 19.7 Å². The smallest absolute Gasteiger partial charge is 0.290 e. The minimum absolute atomic E-state index is 0.250. The molecule has 1 aromatic heterocycles. The zero-order valence-electron chi connectivity index (χ0n) is 12.1. The van der Waals surface area contributed by atoms with Gasteiger partial charge in [-0.25, -0.2) is 0 Å². The Bertz CT molecular complexity index is 383. The number of aryl methyl sites for hydroxylation is 1. The van der Waals surface area contributed by atoms with Crippen LogP contribution in [0.5, 0.6) is 0 Å². The molecule has 2 heterocycles. The topological polar surface area (TPSA) is 88.7 Å². The third-order valence-corrected chi connectivity index (χ3v) is 2.95. The lowest BCUT2D eigenvalue weighted by Gasteiger charge is -2.31. The fourth-order valence-electron chi connectivity index (χ4n) is 2.17. The van der Waals surface area contributed by atoms with Crippen LogP contribution in [0, 0.1) is 6.92 Å². The molecule has 0 bridgehead atoms. The van der Waals surface area contributed by atoms with E-state index in [4.69, 9.17) is 19.2 Å². The molecule has 1 fully saturated rings. The van der Waals surface area contributed by atoms with E-state index in [1.165, 1.54) is 12.8 Å². The Morgan fingerprint density at radius 1 is 1.60 bits per heavy atom. The summed E-state index contributed by atoms with van der Waals surface area (Å²) in [5.74, 6) is 1.41. The first-order valence-corrected chi connectivity index (χ1v) is 6.90. The van der Waals surface area contributed by atoms with Crippen LogP contribution in [0.25, 0.3) is 0 Å². The number of likely N-dealkylation sites (tertiary alicyclic amines) is 1. The average Bonchev–Trinajstić information content (AvgIpc) is 2.83. The summed E-state index contributed by atoms with van der Waals surface area (Å²) in [5, 5.41) is 10.7. The number of nitrogens with zero attached hydrogens (tertiary/aromatic N) is 3. The SMILES string of the molecule is CCCOC1CCCN(Cc2nc(C)no2)C1.O=CO. The molecule has 0 aliphatic carbocycles. The van der Waals surface area contributed by atoms with E-state index >= 15 is 0 Å². The first-order chi connectivity index (χ1) is 9.69. The summed E-state index contributed by atoms with van der Waals surface area (Å²) in [5.41, 5.74) is 0. The fourth-order valence-corrected chi connectivity index (χ4v) is 2.17. The van der Waals surface area contributed by atoms with Crippen molar-refractivity contribution in [3.63, 3.8) is 0 Å². The van der Waals surface area contributed by atoms with E-state index in [2.05, 4.69) is 22.0 Å². The van der Waals surface area contributed by atoms with E-state index in [-0.39, 0.29) is 6.47 Å². The number of carboxylic acid groups (broad SMARTS) is 1. The minimum Gasteiger partial charge on any atom is -0.483 e. The van der Waals surface area contributed by atoms with Gasteiger partial charge in [-0.3, -0.25) is 9.69 Å². The first kappa shape index (κ1) is 16.6. The zero-order chi connectivity index (χ0) is 14.8. The van der Waals surface area contributed by atoms with E-state index in [9.17, 15) is 0 Å². The summed E-state index contributed by atoms with van der Waals surface area (Å²) in [4.78, 5) is 14.9. The Balaban J connectivity index is 0.000000612. The molecule has 0 amide bonds. The largest absolute Gasteiger partial charge is 0.483 e. The predicted molar refractivity (Wildman–Crippen MR) is 72.3 cm³/mol. The van der Waals surface area contributed by atoms with Gasteiger partial charge in [0.05, 0.1) is 12.6 Å². The second kappa shape index (κ2) is 9.44. The fraction of sp³-hybridized carbons (Fsp3) is 0.769. The van der Waals surface area contributed by atoms with E-state index in [0.717, 1.165) is 32.7 Å². The molecule has 0 spiro atoms. The van der Waals surface area contributed by atoms with Gasteiger partial charge >= 0.3 is 0 Å². The maximum atomic E-state index is 8.36. The second-order valence-corrected chi connectivity index (χ2v) is 4.71. The Morgan fingerprint density at radius 3 is 2.95 bits per heavy atom. The summed E-state index contributed by atoms with van der Waals surface area (Å²) in [6.07, 6.45) is 3.80. The molecule has 1 aliphatic heterocycles. The van der Waals surface area contributed by atoms with Crippen molar-refractivity contribution < 1.29 is 19.2 Å². The standard InChI is InChI=1S/C12H21N3O2.CH2O2/c1-3-7-16-11-5-4-6-15(8-11)9-12-13-10(2)14-17-12;2-1-3/h11H,3-9H2,1-2H3;1H,(H,2,3). The van der Waals surface area contributed by atoms with Crippen LogP contribution in [0.15, 0.2) is 4.52 Å². The number of rotatable bonds is 5. The third kappa shape index (κ3) is 6.12. The van der Waals surface area contributed by atoms with Crippen molar-refractivity contribution >= 4 is 6.47 Å². The summed E-state index contributed by atoms with van der Waals surface area (Å²) in [6.45, 7) is 7.40. The zero-order valence-corrected chi connectivity index (χ0v) is 12.1. The maximum absolute atomic E-state index is 8.36. The van der Waals surface area contributed by atoms with Gasteiger partial charge in [-0.05, 0) is 32.7 Å². The van der Waals surface area contributed by atoms with Gasteiger partial charge in [-0.15, -0.1) is 0 Å². The molecule has 0 saturated carbocycles. The quantitative estimate of drug-likeness (QED) is 0.819. The normalized spacial score (nSPS) is 19.2. The van der Waals surface area contributed by atoms with Gasteiger partial charge in [0, 0.05) is 13.2 Å². The number of hydrogen-bond donors (Lipinski definition) is 1. The summed E-state index contributed by atoms with van der Waals surface area (Å²) < 4.78 is 10.9. The Hall–Kier alpha value is -1.47. The average molecular weight is 285 g/mol. The molecule has 1 saturated heterocycles. The van der Waals surface area contributed by atoms with Crippen LogP contribution < -0.4 is 0 Å². The molecule has 1 aromatic rings. The van der Waals surface area contributed by atoms with Crippen molar-refractivity contribution in [1.29, 1.82) is 0 Å². The molecule has 0 radical (unpaired) electrons. The van der Waals surface area contributed by atoms with Crippen LogP contribution >= 0.6 is 0 Å². The van der Waals surface area contributed by atoms with E-state index in [0.29, 0.717) is 17.8 Å². The predicted octanol–water partition coefficient (Wildman–Crippen LogP) is 1.47. The number of aromatic nitrogens is 2. The van der Waals surface area contributed by atoms with Crippen molar-refractivity contribution in [3.8, 4) is 0 Å². The Morgan fingerprint density at radius 2 is 2.35 bits per heavy atom. The lowest BCUT2D eigenvalue weighted by atomic mass is 10.1. The molecule has 114 valence electrons. The van der Waals surface area contributed by atoms with Crippen LogP contribution in [-0.2, 0) is 16.1 Å². The molecule has 1 unspecified atom stereocenters. The summed E-state index contributed by atoms with van der Waals surface area (Å²) in [7, 11) is 0. The summed E-state index contributed by atoms with van der Waals surface area (Å²) in [6, 6.07) is 0. The molecule has 1 N–H and O–H groups in total. The van der Waals surface area contributed by atoms with Gasteiger partial charge < -0.3 is 14.4 Å². The second-order valence-electron chi connectivity index (χ2n) is 4.71. The summed E-state index contributed by atoms with van der Waals surface area (Å²) >= 11 is 0. The molecule has 7 heteroatoms. The van der Waals surface area contributed by atoms with Crippen LogP contribution in [-0.4, -0.2) is 52.4 Å². The minimum atomic E-state index is -0.250. The Labute approximate surface area is 118 Å². The van der Waals surface area contributed by atoms with Crippen molar-refractivity contribution in [1.82, 2.24) is 15.0 Å². The van der Waals surface area contributed by atoms with Gasteiger partial charge in [-0.2, -0.15) is 4.98 Å². The highest BCUT2D eigenvalue weighted by Gasteiger charge is 2.21. The lowest BCUT2D eigenvalue weighted by molar-refractivity contribution is -0.122. The molecular formula is C13H23N3O4. The van der Waals surface area contributed by atoms with Crippen molar-refractivity contribution in [3.05, 3.63) is 11.7 Å². The number of piperidine rings is 1. The molecule has 0 aromatic carbocycles. The Kier molecular flexibility index (Phi) is 7.82. The maximum Gasteiger partial charge on any atom is 0.290 e. The van der Waals surface area contributed by atoms with E-state index < -0.39 is 0 Å². The molecular weight excluding hydrogens is 262 g/mol. The van der Waals surface area contributed by atoms with Gasteiger partial charge in [-0.1, -0.05) is 12.1 Å². The molecule has 1 aliphatic rings. The highest BCUT2D eigenvalue weighted by molar-refractivity contribution is 5.32. The van der Waals surface area contributed by atoms with Crippen LogP contribution in [0.4, 0.5) is 0 Å². The number of carbonyl (C=O) groups is 1. The molecule has 1 atom stereocenters. The molecule has 2 rings (SSSR count). The van der Waals surface area contributed by atoms with Crippen LogP contribution in [0.1, 0.15) is 37.9 Å². The van der Waals surface area contributed by atoms with Gasteiger partial charge in [0.15, 0.2) is 5.82 Å². The van der Waals surface area contributed by atoms with Crippen molar-refractivity contribution in [2.45, 2.75) is 45.8 Å². The van der Waals surface area contributed by atoms with Crippen LogP contribution in [0.2, 0.25) is 0 Å². The monoisotopic (exact) mass is 285 g/mol. The van der Waals surface area contributed by atoms with Crippen LogP contribution in [0.3, 0.4) is 0 Å².